The van der Waals surface area contributed by atoms with Crippen LogP contribution in [0.2, 0.25) is 0 Å². The van der Waals surface area contributed by atoms with Gasteiger partial charge in [0, 0.05) is 19.2 Å². The highest BCUT2D eigenvalue weighted by Crippen LogP contribution is 2.30. The van der Waals surface area contributed by atoms with Gasteiger partial charge in [-0.25, -0.2) is 0 Å². The van der Waals surface area contributed by atoms with Gasteiger partial charge >= 0.3 is 0 Å². The maximum atomic E-state index is 13.1. The fraction of sp³-hybridized carbons (Fsp3) is 0.545. The second-order valence-electron chi connectivity index (χ2n) is 6.94. The van der Waals surface area contributed by atoms with Crippen molar-refractivity contribution >= 4 is 17.9 Å². The molecule has 0 saturated heterocycles. The third-order valence-corrected chi connectivity index (χ3v) is 5.15. The van der Waals surface area contributed by atoms with Crippen LogP contribution >= 0.6 is 0 Å². The summed E-state index contributed by atoms with van der Waals surface area (Å²) in [6.07, 6.45) is 7.76. The third-order valence-electron chi connectivity index (χ3n) is 5.15. The van der Waals surface area contributed by atoms with Gasteiger partial charge in [0.05, 0.1) is 6.61 Å². The second-order valence-corrected chi connectivity index (χ2v) is 6.94. The van der Waals surface area contributed by atoms with Crippen molar-refractivity contribution in [2.45, 2.75) is 58.4 Å². The molecular weight excluding hydrogens is 340 g/mol. The molecular formula is C22H32N2O3. The van der Waals surface area contributed by atoms with Crippen molar-refractivity contribution in [2.24, 2.45) is 0 Å². The Balaban J connectivity index is 2.08. The minimum atomic E-state index is -0.759. The summed E-state index contributed by atoms with van der Waals surface area (Å²) < 4.78 is 5.42. The molecule has 0 atom stereocenters. The molecule has 0 aromatic heterocycles. The number of carbonyl (C=O) groups excluding carboxylic acids is 2. The zero-order valence-electron chi connectivity index (χ0n) is 16.8. The summed E-state index contributed by atoms with van der Waals surface area (Å²) in [5.41, 5.74) is 0.159. The molecule has 1 aliphatic carbocycles. The van der Waals surface area contributed by atoms with Crippen LogP contribution in [-0.4, -0.2) is 41.9 Å². The lowest BCUT2D eigenvalue weighted by Gasteiger charge is -2.39. The first-order chi connectivity index (χ1) is 13.0. The Hall–Kier alpha value is -2.30. The van der Waals surface area contributed by atoms with Crippen LogP contribution in [-0.2, 0) is 9.59 Å². The van der Waals surface area contributed by atoms with Crippen molar-refractivity contribution in [2.75, 3.05) is 19.7 Å². The van der Waals surface area contributed by atoms with E-state index in [1.54, 1.807) is 6.08 Å². The number of likely N-dealkylation sites (N-methyl/N-ethyl adjacent to an activating group) is 1. The Morgan fingerprint density at radius 3 is 2.26 bits per heavy atom. The molecule has 148 valence electrons. The average Bonchev–Trinajstić information content (AvgIpc) is 2.69. The molecule has 1 aliphatic rings. The van der Waals surface area contributed by atoms with Crippen LogP contribution in [0.3, 0.4) is 0 Å². The highest BCUT2D eigenvalue weighted by molar-refractivity contribution is 5.97. The third kappa shape index (κ3) is 5.59. The van der Waals surface area contributed by atoms with Crippen molar-refractivity contribution in [3.05, 3.63) is 35.9 Å². The molecule has 27 heavy (non-hydrogen) atoms. The fourth-order valence-electron chi connectivity index (χ4n) is 3.65. The summed E-state index contributed by atoms with van der Waals surface area (Å²) >= 11 is 0. The van der Waals surface area contributed by atoms with E-state index in [1.165, 1.54) is 6.08 Å². The summed E-state index contributed by atoms with van der Waals surface area (Å²) in [5, 5.41) is 3.04. The van der Waals surface area contributed by atoms with E-state index in [0.29, 0.717) is 32.5 Å². The molecule has 2 amide bonds. The van der Waals surface area contributed by atoms with Crippen molar-refractivity contribution in [1.29, 1.82) is 0 Å². The Morgan fingerprint density at radius 1 is 1.07 bits per heavy atom. The number of benzene rings is 1. The zero-order valence-corrected chi connectivity index (χ0v) is 16.8. The normalized spacial score (nSPS) is 16.1. The average molecular weight is 373 g/mol. The van der Waals surface area contributed by atoms with Crippen molar-refractivity contribution in [3.63, 3.8) is 0 Å². The second kappa shape index (κ2) is 10.1. The molecule has 5 nitrogen and oxygen atoms in total. The standard InChI is InChI=1S/C22H32N2O3/c1-4-24(5-2)21(26)22(16-8-7-9-17-22)23-20(25)15-12-18-10-13-19(14-11-18)27-6-3/h10-15H,4-9,16-17H2,1-3H3,(H,23,25)/b15-12+. The van der Waals surface area contributed by atoms with Crippen LogP contribution in [0.25, 0.3) is 6.08 Å². The van der Waals surface area contributed by atoms with Gasteiger partial charge in [-0.1, -0.05) is 31.4 Å². The van der Waals surface area contributed by atoms with Gasteiger partial charge in [-0.05, 0) is 57.4 Å². The fourth-order valence-corrected chi connectivity index (χ4v) is 3.65. The molecule has 0 spiro atoms. The van der Waals surface area contributed by atoms with Gasteiger partial charge in [0.15, 0.2) is 0 Å². The lowest BCUT2D eigenvalue weighted by molar-refractivity contribution is -0.142. The van der Waals surface area contributed by atoms with Gasteiger partial charge in [-0.15, -0.1) is 0 Å². The number of hydrogen-bond acceptors (Lipinski definition) is 3. The lowest BCUT2D eigenvalue weighted by Crippen LogP contribution is -2.60. The number of amides is 2. The van der Waals surface area contributed by atoms with E-state index < -0.39 is 5.54 Å². The van der Waals surface area contributed by atoms with Gasteiger partial charge in [0.1, 0.15) is 11.3 Å². The molecule has 1 saturated carbocycles. The Kier molecular flexibility index (Phi) is 7.89. The number of carbonyl (C=O) groups is 2. The lowest BCUT2D eigenvalue weighted by atomic mass is 9.80. The highest BCUT2D eigenvalue weighted by Gasteiger charge is 2.42. The van der Waals surface area contributed by atoms with Gasteiger partial charge in [-0.3, -0.25) is 9.59 Å². The minimum absolute atomic E-state index is 0.0509. The number of rotatable bonds is 8. The quantitative estimate of drug-likeness (QED) is 0.707. The predicted molar refractivity (Wildman–Crippen MR) is 109 cm³/mol. The maximum absolute atomic E-state index is 13.1. The molecule has 5 heteroatoms. The summed E-state index contributed by atoms with van der Waals surface area (Å²) in [5.74, 6) is 0.645. The summed E-state index contributed by atoms with van der Waals surface area (Å²) in [7, 11) is 0. The van der Waals surface area contributed by atoms with Crippen LogP contribution in [0.4, 0.5) is 0 Å². The van der Waals surface area contributed by atoms with E-state index in [1.807, 2.05) is 49.9 Å². The molecule has 2 rings (SSSR count). The number of nitrogens with zero attached hydrogens (tertiary/aromatic N) is 1. The predicted octanol–water partition coefficient (Wildman–Crippen LogP) is 3.79. The first kappa shape index (κ1) is 21.0. The summed E-state index contributed by atoms with van der Waals surface area (Å²) in [4.78, 5) is 27.5. The van der Waals surface area contributed by atoms with Crippen molar-refractivity contribution in [3.8, 4) is 5.75 Å². The van der Waals surface area contributed by atoms with E-state index in [4.69, 9.17) is 4.74 Å². The Morgan fingerprint density at radius 2 is 1.70 bits per heavy atom. The van der Waals surface area contributed by atoms with Crippen LogP contribution in [0.1, 0.15) is 58.4 Å². The molecule has 0 bridgehead atoms. The van der Waals surface area contributed by atoms with E-state index in [9.17, 15) is 9.59 Å². The first-order valence-corrected chi connectivity index (χ1v) is 10.1. The Labute approximate surface area is 162 Å². The topological polar surface area (TPSA) is 58.6 Å². The molecule has 0 aliphatic heterocycles. The van der Waals surface area contributed by atoms with E-state index in [0.717, 1.165) is 30.6 Å². The van der Waals surface area contributed by atoms with Crippen LogP contribution in [0.15, 0.2) is 30.3 Å². The minimum Gasteiger partial charge on any atom is -0.494 e. The molecule has 1 fully saturated rings. The zero-order chi connectivity index (χ0) is 19.7. The molecule has 1 aromatic rings. The maximum Gasteiger partial charge on any atom is 0.248 e. The largest absolute Gasteiger partial charge is 0.494 e. The van der Waals surface area contributed by atoms with Crippen molar-refractivity contribution < 1.29 is 14.3 Å². The first-order valence-electron chi connectivity index (χ1n) is 10.1. The number of ether oxygens (including phenoxy) is 1. The van der Waals surface area contributed by atoms with Gasteiger partial charge < -0.3 is 15.0 Å². The molecule has 1 N–H and O–H groups in total. The smallest absolute Gasteiger partial charge is 0.248 e. The van der Waals surface area contributed by atoms with Gasteiger partial charge in [0.25, 0.3) is 0 Å². The van der Waals surface area contributed by atoms with Gasteiger partial charge in [-0.2, -0.15) is 0 Å². The van der Waals surface area contributed by atoms with E-state index in [2.05, 4.69) is 5.32 Å². The summed E-state index contributed by atoms with van der Waals surface area (Å²) in [6.45, 7) is 7.85. The highest BCUT2D eigenvalue weighted by atomic mass is 16.5. The van der Waals surface area contributed by atoms with E-state index in [-0.39, 0.29) is 11.8 Å². The Bertz CT molecular complexity index is 642. The SMILES string of the molecule is CCOc1ccc(/C=C/C(=O)NC2(C(=O)N(CC)CC)CCCCC2)cc1. The van der Waals surface area contributed by atoms with Crippen molar-refractivity contribution in [1.82, 2.24) is 10.2 Å². The van der Waals surface area contributed by atoms with Crippen LogP contribution < -0.4 is 10.1 Å². The number of nitrogens with one attached hydrogen (secondary N) is 1. The van der Waals surface area contributed by atoms with Crippen LogP contribution in [0, 0.1) is 0 Å². The molecule has 0 radical (unpaired) electrons. The summed E-state index contributed by atoms with van der Waals surface area (Å²) in [6, 6.07) is 7.58. The monoisotopic (exact) mass is 372 g/mol. The molecule has 0 heterocycles. The molecule has 0 unspecified atom stereocenters. The number of hydrogen-bond donors (Lipinski definition) is 1. The van der Waals surface area contributed by atoms with Gasteiger partial charge in [0.2, 0.25) is 11.8 Å². The van der Waals surface area contributed by atoms with Crippen LogP contribution in [0.5, 0.6) is 5.75 Å². The van der Waals surface area contributed by atoms with E-state index >= 15 is 0 Å². The molecule has 1 aromatic carbocycles.